The third-order valence-electron chi connectivity index (χ3n) is 5.53. The second kappa shape index (κ2) is 8.32. The van der Waals surface area contributed by atoms with Crippen LogP contribution in [0.4, 0.5) is 0 Å². The van der Waals surface area contributed by atoms with Crippen molar-refractivity contribution in [2.45, 2.75) is 63.7 Å². The van der Waals surface area contributed by atoms with Gasteiger partial charge in [-0.05, 0) is 80.3 Å². The smallest absolute Gasteiger partial charge is 0.124 e. The molecule has 0 spiro atoms. The molecule has 3 nitrogen and oxygen atoms in total. The number of rotatable bonds is 3. The number of nitrogens with two attached hydrogens (primary N) is 1. The number of fused-ring (bicyclic) bond motifs is 1. The van der Waals surface area contributed by atoms with Gasteiger partial charge in [0.25, 0.3) is 0 Å². The number of hydrogen-bond acceptors (Lipinski definition) is 3. The maximum Gasteiger partial charge on any atom is 0.124 e. The monoisotopic (exact) mass is 373 g/mol. The first kappa shape index (κ1) is 19.1. The van der Waals surface area contributed by atoms with E-state index in [1.54, 1.807) is 0 Å². The van der Waals surface area contributed by atoms with Gasteiger partial charge < -0.3 is 15.2 Å². The van der Waals surface area contributed by atoms with E-state index in [1.165, 1.54) is 16.7 Å². The topological polar surface area (TPSA) is 44.5 Å². The highest BCUT2D eigenvalue weighted by Gasteiger charge is 2.24. The van der Waals surface area contributed by atoms with Gasteiger partial charge >= 0.3 is 0 Å². The molecule has 1 aliphatic heterocycles. The Hall–Kier alpha value is -1.71. The maximum atomic E-state index is 6.29. The van der Waals surface area contributed by atoms with Crippen molar-refractivity contribution >= 4 is 12.4 Å². The van der Waals surface area contributed by atoms with E-state index >= 15 is 0 Å². The molecular weight excluding hydrogens is 346 g/mol. The first-order valence-electron chi connectivity index (χ1n) is 9.46. The van der Waals surface area contributed by atoms with Crippen LogP contribution in [0.25, 0.3) is 0 Å². The lowest BCUT2D eigenvalue weighted by Gasteiger charge is -2.29. The van der Waals surface area contributed by atoms with Crippen LogP contribution in [0.5, 0.6) is 11.5 Å². The van der Waals surface area contributed by atoms with Crippen LogP contribution >= 0.6 is 12.4 Å². The van der Waals surface area contributed by atoms with Crippen LogP contribution in [0.2, 0.25) is 0 Å². The van der Waals surface area contributed by atoms with Crippen molar-refractivity contribution < 1.29 is 9.47 Å². The highest BCUT2D eigenvalue weighted by molar-refractivity contribution is 5.85. The minimum atomic E-state index is 0. The Labute approximate surface area is 162 Å². The minimum absolute atomic E-state index is 0. The predicted octanol–water partition coefficient (Wildman–Crippen LogP) is 5.13. The van der Waals surface area contributed by atoms with Crippen molar-refractivity contribution in [1.29, 1.82) is 0 Å². The van der Waals surface area contributed by atoms with Crippen molar-refractivity contribution in [1.82, 2.24) is 0 Å². The second-order valence-corrected chi connectivity index (χ2v) is 7.43. The molecule has 0 amide bonds. The Balaban J connectivity index is 0.00000196. The van der Waals surface area contributed by atoms with Gasteiger partial charge in [0.1, 0.15) is 17.6 Å². The minimum Gasteiger partial charge on any atom is -0.490 e. The van der Waals surface area contributed by atoms with Gasteiger partial charge in [0.15, 0.2) is 0 Å². The Morgan fingerprint density at radius 2 is 1.77 bits per heavy atom. The van der Waals surface area contributed by atoms with Gasteiger partial charge in [0, 0.05) is 6.04 Å². The van der Waals surface area contributed by atoms with Crippen LogP contribution in [-0.4, -0.2) is 12.1 Å². The Bertz CT molecular complexity index is 741. The fraction of sp³-hybridized carbons (Fsp3) is 0.455. The standard InChI is InChI=1S/C22H27NO2.ClH/c1-15-4-2-3-5-20(15)22-12-6-16-14-19(11-13-21(16)25-22)24-18-9-7-17(23)8-10-18;/h2-5,11,13-14,17-18,22H,6-10,12,23H2,1H3;1H/t17-,18-,22?;. The van der Waals surface area contributed by atoms with E-state index < -0.39 is 0 Å². The molecule has 2 aliphatic rings. The highest BCUT2D eigenvalue weighted by Crippen LogP contribution is 2.38. The molecule has 4 rings (SSSR count). The van der Waals surface area contributed by atoms with Crippen molar-refractivity contribution in [2.24, 2.45) is 5.73 Å². The zero-order valence-electron chi connectivity index (χ0n) is 15.3. The van der Waals surface area contributed by atoms with E-state index in [4.69, 9.17) is 15.2 Å². The van der Waals surface area contributed by atoms with Crippen LogP contribution in [0.15, 0.2) is 42.5 Å². The summed E-state index contributed by atoms with van der Waals surface area (Å²) in [6.45, 7) is 2.15. The van der Waals surface area contributed by atoms with E-state index in [0.29, 0.717) is 12.1 Å². The van der Waals surface area contributed by atoms with Gasteiger partial charge in [-0.2, -0.15) is 0 Å². The van der Waals surface area contributed by atoms with E-state index in [-0.39, 0.29) is 18.5 Å². The molecule has 1 aliphatic carbocycles. The fourth-order valence-corrected chi connectivity index (χ4v) is 4.00. The van der Waals surface area contributed by atoms with Crippen molar-refractivity contribution in [3.8, 4) is 11.5 Å². The van der Waals surface area contributed by atoms with Gasteiger partial charge in [0.2, 0.25) is 0 Å². The predicted molar refractivity (Wildman–Crippen MR) is 107 cm³/mol. The third kappa shape index (κ3) is 4.16. The van der Waals surface area contributed by atoms with Crippen LogP contribution < -0.4 is 15.2 Å². The summed E-state index contributed by atoms with van der Waals surface area (Å²) in [4.78, 5) is 0. The molecule has 0 bridgehead atoms. The lowest BCUT2D eigenvalue weighted by atomic mass is 9.93. The van der Waals surface area contributed by atoms with Gasteiger partial charge in [-0.25, -0.2) is 0 Å². The number of ether oxygens (including phenoxy) is 2. The summed E-state index contributed by atoms with van der Waals surface area (Å²) in [6.07, 6.45) is 6.75. The molecule has 4 heteroatoms. The third-order valence-corrected chi connectivity index (χ3v) is 5.53. The largest absolute Gasteiger partial charge is 0.490 e. The zero-order valence-corrected chi connectivity index (χ0v) is 16.1. The van der Waals surface area contributed by atoms with Crippen LogP contribution in [0.1, 0.15) is 54.9 Å². The molecule has 1 fully saturated rings. The first-order valence-corrected chi connectivity index (χ1v) is 9.46. The number of halogens is 1. The second-order valence-electron chi connectivity index (χ2n) is 7.43. The van der Waals surface area contributed by atoms with E-state index in [2.05, 4.69) is 43.3 Å². The molecule has 1 saturated carbocycles. The van der Waals surface area contributed by atoms with Crippen molar-refractivity contribution in [3.63, 3.8) is 0 Å². The average Bonchev–Trinajstić information content (AvgIpc) is 2.64. The lowest BCUT2D eigenvalue weighted by Crippen LogP contribution is -2.31. The quantitative estimate of drug-likeness (QED) is 0.810. The number of aryl methyl sites for hydroxylation is 2. The van der Waals surface area contributed by atoms with E-state index in [9.17, 15) is 0 Å². The molecule has 0 saturated heterocycles. The average molecular weight is 374 g/mol. The number of hydrogen-bond donors (Lipinski definition) is 1. The molecule has 1 heterocycles. The molecule has 1 atom stereocenters. The van der Waals surface area contributed by atoms with Gasteiger partial charge in [-0.3, -0.25) is 0 Å². The molecular formula is C22H28ClNO2. The van der Waals surface area contributed by atoms with Crippen molar-refractivity contribution in [2.75, 3.05) is 0 Å². The zero-order chi connectivity index (χ0) is 17.2. The molecule has 2 aromatic rings. The highest BCUT2D eigenvalue weighted by atomic mass is 35.5. The van der Waals surface area contributed by atoms with Crippen LogP contribution in [0, 0.1) is 6.92 Å². The molecule has 2 aromatic carbocycles. The van der Waals surface area contributed by atoms with Crippen molar-refractivity contribution in [3.05, 3.63) is 59.2 Å². The SMILES string of the molecule is Cc1ccccc1C1CCc2cc(O[C@H]3CC[C@H](N)CC3)ccc2O1.Cl. The molecule has 140 valence electrons. The summed E-state index contributed by atoms with van der Waals surface area (Å²) in [7, 11) is 0. The lowest BCUT2D eigenvalue weighted by molar-refractivity contribution is 0.145. The van der Waals surface area contributed by atoms with Gasteiger partial charge in [-0.15, -0.1) is 12.4 Å². The fourth-order valence-electron chi connectivity index (χ4n) is 4.00. The van der Waals surface area contributed by atoms with E-state index in [1.807, 2.05) is 6.07 Å². The first-order chi connectivity index (χ1) is 12.2. The van der Waals surface area contributed by atoms with Gasteiger partial charge in [-0.1, -0.05) is 24.3 Å². The molecule has 0 radical (unpaired) electrons. The maximum absolute atomic E-state index is 6.29. The van der Waals surface area contributed by atoms with Crippen LogP contribution in [0.3, 0.4) is 0 Å². The summed E-state index contributed by atoms with van der Waals surface area (Å²) < 4.78 is 12.5. The molecule has 26 heavy (non-hydrogen) atoms. The molecule has 1 unspecified atom stereocenters. The van der Waals surface area contributed by atoms with Gasteiger partial charge in [0.05, 0.1) is 6.10 Å². The molecule has 2 N–H and O–H groups in total. The Morgan fingerprint density at radius 1 is 1.00 bits per heavy atom. The Morgan fingerprint density at radius 3 is 2.54 bits per heavy atom. The molecule has 0 aromatic heterocycles. The summed E-state index contributed by atoms with van der Waals surface area (Å²) in [5.41, 5.74) is 9.84. The summed E-state index contributed by atoms with van der Waals surface area (Å²) in [5.74, 6) is 1.97. The summed E-state index contributed by atoms with van der Waals surface area (Å²) >= 11 is 0. The summed E-state index contributed by atoms with van der Waals surface area (Å²) in [6, 6.07) is 15.1. The summed E-state index contributed by atoms with van der Waals surface area (Å²) in [5, 5.41) is 0. The van der Waals surface area contributed by atoms with E-state index in [0.717, 1.165) is 50.0 Å². The van der Waals surface area contributed by atoms with Crippen LogP contribution in [-0.2, 0) is 6.42 Å². The normalized spacial score (nSPS) is 24.8. The number of benzene rings is 2. The Kier molecular flexibility index (Phi) is 6.10.